The summed E-state index contributed by atoms with van der Waals surface area (Å²) >= 11 is 5.79. The van der Waals surface area contributed by atoms with Gasteiger partial charge >= 0.3 is 6.03 Å². The SMILES string of the molecule is O=C(N1CC(Cc2ccc(Cl)cc2F)C1)N1N=CCC1c1ccccc1. The number of amides is 2. The Balaban J connectivity index is 1.36. The van der Waals surface area contributed by atoms with E-state index in [0.29, 0.717) is 30.1 Å². The van der Waals surface area contributed by atoms with Gasteiger partial charge < -0.3 is 4.90 Å². The van der Waals surface area contributed by atoms with E-state index < -0.39 is 0 Å². The Morgan fingerprint density at radius 3 is 2.69 bits per heavy atom. The number of carbonyl (C=O) groups excluding carboxylic acids is 1. The van der Waals surface area contributed by atoms with Crippen molar-refractivity contribution >= 4 is 23.8 Å². The molecule has 4 nitrogen and oxygen atoms in total. The van der Waals surface area contributed by atoms with Crippen LogP contribution < -0.4 is 0 Å². The number of likely N-dealkylation sites (tertiary alicyclic amines) is 1. The van der Waals surface area contributed by atoms with Gasteiger partial charge in [-0.2, -0.15) is 5.10 Å². The maximum Gasteiger partial charge on any atom is 0.341 e. The summed E-state index contributed by atoms with van der Waals surface area (Å²) in [5, 5.41) is 6.23. The lowest BCUT2D eigenvalue weighted by molar-refractivity contribution is 0.0832. The molecule has 0 bridgehead atoms. The lowest BCUT2D eigenvalue weighted by Crippen LogP contribution is -2.54. The molecule has 2 heterocycles. The van der Waals surface area contributed by atoms with Crippen molar-refractivity contribution < 1.29 is 9.18 Å². The van der Waals surface area contributed by atoms with Gasteiger partial charge in [0.05, 0.1) is 6.04 Å². The van der Waals surface area contributed by atoms with Crippen molar-refractivity contribution in [2.45, 2.75) is 18.9 Å². The molecule has 0 aromatic heterocycles. The van der Waals surface area contributed by atoms with Gasteiger partial charge in [0, 0.05) is 30.7 Å². The smallest absolute Gasteiger partial charge is 0.322 e. The average Bonchev–Trinajstić information content (AvgIpc) is 3.09. The van der Waals surface area contributed by atoms with E-state index in [1.165, 1.54) is 6.07 Å². The van der Waals surface area contributed by atoms with Gasteiger partial charge in [0.15, 0.2) is 0 Å². The molecular weight excluding hydrogens is 353 g/mol. The molecule has 0 N–H and O–H groups in total. The van der Waals surface area contributed by atoms with Gasteiger partial charge in [0.25, 0.3) is 0 Å². The van der Waals surface area contributed by atoms with Gasteiger partial charge in [-0.3, -0.25) is 0 Å². The van der Waals surface area contributed by atoms with Gasteiger partial charge in [-0.25, -0.2) is 14.2 Å². The number of hydrogen-bond donors (Lipinski definition) is 0. The highest BCUT2D eigenvalue weighted by molar-refractivity contribution is 6.30. The van der Waals surface area contributed by atoms with Gasteiger partial charge in [0.2, 0.25) is 0 Å². The summed E-state index contributed by atoms with van der Waals surface area (Å²) in [4.78, 5) is 14.5. The van der Waals surface area contributed by atoms with Crippen molar-refractivity contribution in [1.29, 1.82) is 0 Å². The molecule has 26 heavy (non-hydrogen) atoms. The highest BCUT2D eigenvalue weighted by atomic mass is 35.5. The fourth-order valence-corrected chi connectivity index (χ4v) is 3.71. The van der Waals surface area contributed by atoms with Crippen LogP contribution in [0.5, 0.6) is 0 Å². The number of halogens is 2. The van der Waals surface area contributed by atoms with Crippen molar-refractivity contribution in [3.8, 4) is 0 Å². The summed E-state index contributed by atoms with van der Waals surface area (Å²) in [6.45, 7) is 1.24. The fourth-order valence-electron chi connectivity index (χ4n) is 3.55. The third-order valence-electron chi connectivity index (χ3n) is 4.96. The largest absolute Gasteiger partial charge is 0.341 e. The monoisotopic (exact) mass is 371 g/mol. The van der Waals surface area contributed by atoms with Crippen LogP contribution in [0.1, 0.15) is 23.6 Å². The number of nitrogens with zero attached hydrogens (tertiary/aromatic N) is 3. The quantitative estimate of drug-likeness (QED) is 0.782. The number of hydrogen-bond acceptors (Lipinski definition) is 2. The van der Waals surface area contributed by atoms with E-state index >= 15 is 0 Å². The molecule has 1 fully saturated rings. The van der Waals surface area contributed by atoms with E-state index in [-0.39, 0.29) is 23.8 Å². The molecule has 4 rings (SSSR count). The second kappa shape index (κ2) is 7.08. The molecule has 1 unspecified atom stereocenters. The molecule has 0 radical (unpaired) electrons. The van der Waals surface area contributed by atoms with E-state index in [1.54, 1.807) is 28.3 Å². The minimum absolute atomic E-state index is 0.0449. The van der Waals surface area contributed by atoms with Gasteiger partial charge in [-0.05, 0) is 35.6 Å². The summed E-state index contributed by atoms with van der Waals surface area (Å²) in [6.07, 6.45) is 3.12. The van der Waals surface area contributed by atoms with Crippen LogP contribution in [0.3, 0.4) is 0 Å². The molecule has 2 aromatic carbocycles. The Morgan fingerprint density at radius 1 is 1.19 bits per heavy atom. The molecule has 0 spiro atoms. The molecule has 134 valence electrons. The van der Waals surface area contributed by atoms with Crippen LogP contribution in [-0.4, -0.2) is 35.2 Å². The van der Waals surface area contributed by atoms with Crippen molar-refractivity contribution in [2.75, 3.05) is 13.1 Å². The number of rotatable bonds is 3. The Kier molecular flexibility index (Phi) is 4.64. The van der Waals surface area contributed by atoms with Crippen LogP contribution in [0.2, 0.25) is 5.02 Å². The predicted octanol–water partition coefficient (Wildman–Crippen LogP) is 4.51. The van der Waals surface area contributed by atoms with E-state index in [4.69, 9.17) is 11.6 Å². The van der Waals surface area contributed by atoms with Crippen molar-refractivity contribution in [2.24, 2.45) is 11.0 Å². The lowest BCUT2D eigenvalue weighted by atomic mass is 9.92. The Labute approximate surface area is 156 Å². The Hall–Kier alpha value is -2.40. The summed E-state index contributed by atoms with van der Waals surface area (Å²) < 4.78 is 13.9. The topological polar surface area (TPSA) is 35.9 Å². The molecule has 1 atom stereocenters. The molecule has 6 heteroatoms. The van der Waals surface area contributed by atoms with Gasteiger partial charge in [-0.1, -0.05) is 48.0 Å². The van der Waals surface area contributed by atoms with Gasteiger partial charge in [0.1, 0.15) is 5.82 Å². The molecule has 1 saturated heterocycles. The Morgan fingerprint density at radius 2 is 1.96 bits per heavy atom. The molecule has 0 aliphatic carbocycles. The normalized spacial score (nSPS) is 19.7. The minimum Gasteiger partial charge on any atom is -0.322 e. The van der Waals surface area contributed by atoms with Crippen LogP contribution in [-0.2, 0) is 6.42 Å². The third kappa shape index (κ3) is 3.31. The summed E-state index contributed by atoms with van der Waals surface area (Å²) in [5.74, 6) is -0.0213. The number of benzene rings is 2. The first kappa shape index (κ1) is 17.0. The second-order valence-corrected chi connectivity index (χ2v) is 7.23. The molecule has 2 aromatic rings. The van der Waals surface area contributed by atoms with Crippen molar-refractivity contribution in [3.05, 3.63) is 70.5 Å². The summed E-state index contributed by atoms with van der Waals surface area (Å²) in [6, 6.07) is 14.6. The maximum absolute atomic E-state index is 13.9. The van der Waals surface area contributed by atoms with E-state index in [1.807, 2.05) is 30.3 Å². The zero-order valence-corrected chi connectivity index (χ0v) is 14.9. The number of urea groups is 1. The van der Waals surface area contributed by atoms with Crippen LogP contribution in [0.25, 0.3) is 0 Å². The van der Waals surface area contributed by atoms with Crippen LogP contribution in [0.15, 0.2) is 53.6 Å². The molecule has 2 aliphatic heterocycles. The molecule has 2 amide bonds. The van der Waals surface area contributed by atoms with Crippen LogP contribution in [0.4, 0.5) is 9.18 Å². The fraction of sp³-hybridized carbons (Fsp3) is 0.300. The first-order valence-electron chi connectivity index (χ1n) is 8.71. The molecule has 2 aliphatic rings. The highest BCUT2D eigenvalue weighted by Crippen LogP contribution is 2.31. The lowest BCUT2D eigenvalue weighted by Gasteiger charge is -2.41. The maximum atomic E-state index is 13.9. The number of hydrazone groups is 1. The zero-order chi connectivity index (χ0) is 18.1. The van der Waals surface area contributed by atoms with E-state index in [2.05, 4.69) is 5.10 Å². The first-order chi connectivity index (χ1) is 12.6. The summed E-state index contributed by atoms with van der Waals surface area (Å²) in [5.41, 5.74) is 1.73. The third-order valence-corrected chi connectivity index (χ3v) is 5.20. The zero-order valence-electron chi connectivity index (χ0n) is 14.2. The molecular formula is C20H19ClFN3O. The predicted molar refractivity (Wildman–Crippen MR) is 99.7 cm³/mol. The standard InChI is InChI=1S/C20H19ClFN3O/c21-17-7-6-16(18(22)11-17)10-14-12-24(13-14)20(26)25-19(8-9-23-25)15-4-2-1-3-5-15/h1-7,9,11,14,19H,8,10,12-13H2. The highest BCUT2D eigenvalue weighted by Gasteiger charge is 2.37. The van der Waals surface area contributed by atoms with Crippen LogP contribution >= 0.6 is 11.6 Å². The number of carbonyl (C=O) groups is 1. The van der Waals surface area contributed by atoms with Crippen molar-refractivity contribution in [1.82, 2.24) is 9.91 Å². The average molecular weight is 372 g/mol. The molecule has 0 saturated carbocycles. The summed E-state index contributed by atoms with van der Waals surface area (Å²) in [7, 11) is 0. The van der Waals surface area contributed by atoms with Crippen molar-refractivity contribution in [3.63, 3.8) is 0 Å². The van der Waals surface area contributed by atoms with Gasteiger partial charge in [-0.15, -0.1) is 0 Å². The van der Waals surface area contributed by atoms with E-state index in [9.17, 15) is 9.18 Å². The Bertz CT molecular complexity index is 836. The first-order valence-corrected chi connectivity index (χ1v) is 9.09. The minimum atomic E-state index is -0.282. The van der Waals surface area contributed by atoms with E-state index in [0.717, 1.165) is 12.0 Å². The van der Waals surface area contributed by atoms with Crippen LogP contribution in [0, 0.1) is 11.7 Å². The second-order valence-electron chi connectivity index (χ2n) is 6.80.